The van der Waals surface area contributed by atoms with Gasteiger partial charge in [-0.15, -0.1) is 0 Å². The van der Waals surface area contributed by atoms with Gasteiger partial charge in [0.15, 0.2) is 0 Å². The molecule has 1 aromatic rings. The van der Waals surface area contributed by atoms with Crippen molar-refractivity contribution in [2.45, 2.75) is 0 Å². The summed E-state index contributed by atoms with van der Waals surface area (Å²) in [5.74, 6) is 0.0987. The van der Waals surface area contributed by atoms with Crippen LogP contribution < -0.4 is 61.6 Å². The van der Waals surface area contributed by atoms with Crippen LogP contribution in [-0.2, 0) is 0 Å². The van der Waals surface area contributed by atoms with Crippen LogP contribution in [0.15, 0.2) is 31.1 Å². The first kappa shape index (κ1) is 15.2. The first-order valence-electron chi connectivity index (χ1n) is 3.92. The van der Waals surface area contributed by atoms with Gasteiger partial charge in [-0.3, -0.25) is 4.98 Å². The Morgan fingerprint density at radius 2 is 2.07 bits per heavy atom. The quantitative estimate of drug-likeness (QED) is 0.483. The third-order valence-corrected chi connectivity index (χ3v) is 1.48. The van der Waals surface area contributed by atoms with Gasteiger partial charge in [0.05, 0.1) is 6.20 Å². The smallest absolute Gasteiger partial charge is 0.488 e. The minimum atomic E-state index is -5.01. The molecule has 0 aliphatic heterocycles. The minimum absolute atomic E-state index is 0. The van der Waals surface area contributed by atoms with Crippen LogP contribution in [0.4, 0.5) is 12.9 Å². The second-order valence-corrected chi connectivity index (χ2v) is 2.63. The first-order chi connectivity index (χ1) is 6.54. The average molecular weight is 241 g/mol. The molecule has 0 N–H and O–H groups in total. The van der Waals surface area contributed by atoms with Crippen LogP contribution in [0.3, 0.4) is 0 Å². The Balaban J connectivity index is 0.00000196. The van der Waals surface area contributed by atoms with Gasteiger partial charge in [0, 0.05) is 6.20 Å². The van der Waals surface area contributed by atoms with Crippen molar-refractivity contribution in [2.24, 2.45) is 0 Å². The molecular formula is C8H8BF3KNO. The molecule has 0 bridgehead atoms. The number of pyridine rings is 1. The van der Waals surface area contributed by atoms with E-state index < -0.39 is 12.4 Å². The van der Waals surface area contributed by atoms with Gasteiger partial charge in [0.2, 0.25) is 0 Å². The van der Waals surface area contributed by atoms with Gasteiger partial charge in [-0.2, -0.15) is 0 Å². The number of nitrogens with zero attached hydrogens (tertiary/aromatic N) is 1. The zero-order valence-electron chi connectivity index (χ0n) is 8.29. The Labute approximate surface area is 128 Å². The van der Waals surface area contributed by atoms with Crippen LogP contribution in [0.1, 0.15) is 0 Å². The summed E-state index contributed by atoms with van der Waals surface area (Å²) in [4.78, 5) is 3.44. The standard InChI is InChI=1S/C8H8BF3NO.K/c1-2-3-14-8-4-7(5-13-6-8)9(10,11)12;/h2,4-6H,1,3H2;/q-1;+1. The maximum atomic E-state index is 12.2. The number of halogens is 3. The fourth-order valence-electron chi connectivity index (χ4n) is 0.849. The monoisotopic (exact) mass is 241 g/mol. The summed E-state index contributed by atoms with van der Waals surface area (Å²) < 4.78 is 41.6. The molecule has 0 saturated carbocycles. The zero-order chi connectivity index (χ0) is 10.6. The molecule has 0 radical (unpaired) electrons. The fourth-order valence-corrected chi connectivity index (χ4v) is 0.849. The van der Waals surface area contributed by atoms with Crippen molar-refractivity contribution in [2.75, 3.05) is 6.61 Å². The number of rotatable bonds is 4. The number of hydrogen-bond donors (Lipinski definition) is 0. The summed E-state index contributed by atoms with van der Waals surface area (Å²) in [5, 5.41) is 0. The molecule has 0 saturated heterocycles. The average Bonchev–Trinajstić information content (AvgIpc) is 2.14. The van der Waals surface area contributed by atoms with Crippen LogP contribution >= 0.6 is 0 Å². The van der Waals surface area contributed by atoms with E-state index in [2.05, 4.69) is 11.6 Å². The van der Waals surface area contributed by atoms with E-state index in [1.807, 2.05) is 0 Å². The molecule has 1 aromatic heterocycles. The molecule has 0 atom stereocenters. The number of ether oxygens (including phenoxy) is 1. The molecule has 2 nitrogen and oxygen atoms in total. The molecular weight excluding hydrogens is 233 g/mol. The normalized spacial score (nSPS) is 10.3. The van der Waals surface area contributed by atoms with E-state index in [1.165, 1.54) is 12.3 Å². The van der Waals surface area contributed by atoms with Gasteiger partial charge < -0.3 is 17.7 Å². The summed E-state index contributed by atoms with van der Waals surface area (Å²) in [6.45, 7) is -1.47. The molecule has 0 aliphatic carbocycles. The molecule has 0 aromatic carbocycles. The summed E-state index contributed by atoms with van der Waals surface area (Å²) in [6.07, 6.45) is 3.46. The molecule has 15 heavy (non-hydrogen) atoms. The fraction of sp³-hybridized carbons (Fsp3) is 0.125. The largest absolute Gasteiger partial charge is 1.00 e. The van der Waals surface area contributed by atoms with Gasteiger partial charge in [0.1, 0.15) is 12.4 Å². The van der Waals surface area contributed by atoms with Crippen molar-refractivity contribution in [3.05, 3.63) is 31.1 Å². The van der Waals surface area contributed by atoms with E-state index in [0.29, 0.717) is 0 Å². The van der Waals surface area contributed by atoms with Crippen molar-refractivity contribution in [3.63, 3.8) is 0 Å². The Hall–Kier alpha value is 0.181. The Morgan fingerprint density at radius 1 is 1.40 bits per heavy atom. The minimum Gasteiger partial charge on any atom is -0.488 e. The van der Waals surface area contributed by atoms with E-state index in [4.69, 9.17) is 4.74 Å². The molecule has 0 aliphatic rings. The molecule has 1 heterocycles. The van der Waals surface area contributed by atoms with Gasteiger partial charge >= 0.3 is 58.4 Å². The molecule has 1 rings (SSSR count). The van der Waals surface area contributed by atoms with Crippen molar-refractivity contribution in [1.82, 2.24) is 4.98 Å². The molecule has 0 amide bonds. The molecule has 0 unspecified atom stereocenters. The van der Waals surface area contributed by atoms with Gasteiger partial charge in [-0.1, -0.05) is 18.1 Å². The van der Waals surface area contributed by atoms with Crippen LogP contribution in [0.2, 0.25) is 0 Å². The predicted octanol–water partition coefficient (Wildman–Crippen LogP) is -1.30. The van der Waals surface area contributed by atoms with Gasteiger partial charge in [0.25, 0.3) is 0 Å². The van der Waals surface area contributed by atoms with E-state index in [0.717, 1.165) is 12.3 Å². The van der Waals surface area contributed by atoms with Crippen LogP contribution in [0, 0.1) is 0 Å². The second-order valence-electron chi connectivity index (χ2n) is 2.63. The third-order valence-electron chi connectivity index (χ3n) is 1.48. The Morgan fingerprint density at radius 3 is 2.60 bits per heavy atom. The number of hydrogen-bond acceptors (Lipinski definition) is 2. The third kappa shape index (κ3) is 5.17. The van der Waals surface area contributed by atoms with Crippen molar-refractivity contribution < 1.29 is 69.1 Å². The topological polar surface area (TPSA) is 22.1 Å². The second kappa shape index (κ2) is 6.70. The number of aromatic nitrogens is 1. The first-order valence-corrected chi connectivity index (χ1v) is 3.92. The van der Waals surface area contributed by atoms with Crippen LogP contribution in [-0.4, -0.2) is 18.6 Å². The van der Waals surface area contributed by atoms with Crippen molar-refractivity contribution in [1.29, 1.82) is 0 Å². The summed E-state index contributed by atoms with van der Waals surface area (Å²) in [6, 6.07) is 0.927. The van der Waals surface area contributed by atoms with Crippen molar-refractivity contribution in [3.8, 4) is 5.75 Å². The predicted molar refractivity (Wildman–Crippen MR) is 48.6 cm³/mol. The molecule has 0 spiro atoms. The molecule has 0 fully saturated rings. The van der Waals surface area contributed by atoms with Crippen LogP contribution in [0.5, 0.6) is 5.75 Å². The maximum Gasteiger partial charge on any atom is 1.00 e. The summed E-state index contributed by atoms with van der Waals surface area (Å²) >= 11 is 0. The summed E-state index contributed by atoms with van der Waals surface area (Å²) in [5.41, 5.74) is -0.758. The van der Waals surface area contributed by atoms with E-state index in [9.17, 15) is 12.9 Å². The van der Waals surface area contributed by atoms with Crippen molar-refractivity contribution >= 4 is 12.4 Å². The summed E-state index contributed by atoms with van der Waals surface area (Å²) in [7, 11) is 0. The van der Waals surface area contributed by atoms with Crippen LogP contribution in [0.25, 0.3) is 0 Å². The molecule has 7 heteroatoms. The van der Waals surface area contributed by atoms with Gasteiger partial charge in [-0.05, 0) is 6.07 Å². The Bertz CT molecular complexity index is 332. The maximum absolute atomic E-state index is 12.2. The Kier molecular flexibility index (Phi) is 6.78. The van der Waals surface area contributed by atoms with E-state index in [-0.39, 0.29) is 63.7 Å². The van der Waals surface area contributed by atoms with E-state index >= 15 is 0 Å². The SMILES string of the molecule is C=CCOc1cncc([B-](F)(F)F)c1.[K+]. The zero-order valence-corrected chi connectivity index (χ0v) is 11.4. The molecule has 76 valence electrons. The van der Waals surface area contributed by atoms with E-state index in [1.54, 1.807) is 0 Å². The van der Waals surface area contributed by atoms with Gasteiger partial charge in [-0.25, -0.2) is 0 Å².